The van der Waals surface area contributed by atoms with Gasteiger partial charge in [0.05, 0.1) is 0 Å². The summed E-state index contributed by atoms with van der Waals surface area (Å²) in [6, 6.07) is 5.94. The Labute approximate surface area is 181 Å². The quantitative estimate of drug-likeness (QED) is 0.582. The first-order chi connectivity index (χ1) is 15.1. The molecule has 2 aliphatic heterocycles. The molecule has 1 N–H and O–H groups in total. The number of hydrogen-bond donors (Lipinski definition) is 1. The number of aromatic nitrogens is 2. The summed E-state index contributed by atoms with van der Waals surface area (Å²) in [5, 5.41) is 3.41. The van der Waals surface area contributed by atoms with Crippen LogP contribution in [0.25, 0.3) is 0 Å². The van der Waals surface area contributed by atoms with Gasteiger partial charge in [0, 0.05) is 76.5 Å². The largest absolute Gasteiger partial charge is 0.371 e. The number of halogens is 2. The van der Waals surface area contributed by atoms with Crippen LogP contribution in [0.5, 0.6) is 0 Å². The fourth-order valence-electron chi connectivity index (χ4n) is 4.11. The van der Waals surface area contributed by atoms with Gasteiger partial charge in [-0.25, -0.2) is 18.7 Å². The van der Waals surface area contributed by atoms with Gasteiger partial charge >= 0.3 is 0 Å². The molecule has 0 aliphatic carbocycles. The van der Waals surface area contributed by atoms with Gasteiger partial charge in [0.15, 0.2) is 17.6 Å². The highest BCUT2D eigenvalue weighted by atomic mass is 19.2. The van der Waals surface area contributed by atoms with E-state index < -0.39 is 11.6 Å². The van der Waals surface area contributed by atoms with Crippen molar-refractivity contribution in [3.63, 3.8) is 0 Å². The second kappa shape index (κ2) is 9.89. The lowest BCUT2D eigenvalue weighted by Crippen LogP contribution is -2.53. The van der Waals surface area contributed by atoms with Gasteiger partial charge in [-0.2, -0.15) is 0 Å². The Morgan fingerprint density at radius 1 is 1.06 bits per heavy atom. The van der Waals surface area contributed by atoms with Crippen molar-refractivity contribution in [1.82, 2.24) is 20.2 Å². The van der Waals surface area contributed by atoms with Gasteiger partial charge in [0.25, 0.3) is 0 Å². The maximum atomic E-state index is 13.6. The van der Waals surface area contributed by atoms with Crippen molar-refractivity contribution in [2.45, 2.75) is 13.3 Å². The molecule has 166 valence electrons. The second-order valence-electron chi connectivity index (χ2n) is 7.92. The number of benzene rings is 1. The van der Waals surface area contributed by atoms with Gasteiger partial charge in [-0.3, -0.25) is 4.99 Å². The summed E-state index contributed by atoms with van der Waals surface area (Å²) in [5.74, 6) is 0.488. The van der Waals surface area contributed by atoms with E-state index in [0.717, 1.165) is 69.8 Å². The Balaban J connectivity index is 1.32. The highest BCUT2D eigenvalue weighted by molar-refractivity contribution is 5.80. The zero-order chi connectivity index (χ0) is 21.6. The molecular formula is C22H29F2N7. The maximum absolute atomic E-state index is 13.6. The fraction of sp³-hybridized carbons (Fsp3) is 0.500. The first-order valence-electron chi connectivity index (χ1n) is 10.9. The van der Waals surface area contributed by atoms with E-state index in [1.165, 1.54) is 12.1 Å². The van der Waals surface area contributed by atoms with Crippen molar-refractivity contribution >= 4 is 17.6 Å². The molecule has 31 heavy (non-hydrogen) atoms. The smallest absolute Gasteiger partial charge is 0.225 e. The van der Waals surface area contributed by atoms with Crippen molar-refractivity contribution in [2.24, 2.45) is 10.9 Å². The summed E-state index contributed by atoms with van der Waals surface area (Å²) in [6.45, 7) is 8.64. The van der Waals surface area contributed by atoms with E-state index in [1.54, 1.807) is 18.5 Å². The Kier molecular flexibility index (Phi) is 6.79. The van der Waals surface area contributed by atoms with Crippen molar-refractivity contribution in [2.75, 3.05) is 62.2 Å². The summed E-state index contributed by atoms with van der Waals surface area (Å²) in [5.41, 5.74) is 0.733. The topological polar surface area (TPSA) is 59.9 Å². The van der Waals surface area contributed by atoms with Gasteiger partial charge in [-0.1, -0.05) is 0 Å². The molecule has 2 aliphatic rings. The minimum Gasteiger partial charge on any atom is -0.371 e. The molecule has 1 atom stereocenters. The van der Waals surface area contributed by atoms with Gasteiger partial charge in [0.1, 0.15) is 0 Å². The van der Waals surface area contributed by atoms with Crippen molar-refractivity contribution in [3.05, 3.63) is 48.3 Å². The lowest BCUT2D eigenvalue weighted by molar-refractivity contribution is 0.369. The van der Waals surface area contributed by atoms with Gasteiger partial charge < -0.3 is 20.0 Å². The minimum atomic E-state index is -0.807. The van der Waals surface area contributed by atoms with E-state index in [-0.39, 0.29) is 0 Å². The number of hydrogen-bond acceptors (Lipinski definition) is 5. The Hall–Kier alpha value is -2.97. The molecule has 2 aromatic rings. The van der Waals surface area contributed by atoms with Crippen LogP contribution in [0.2, 0.25) is 0 Å². The molecule has 1 unspecified atom stereocenters. The van der Waals surface area contributed by atoms with Gasteiger partial charge in [-0.05, 0) is 37.5 Å². The summed E-state index contributed by atoms with van der Waals surface area (Å²) in [4.78, 5) is 20.2. The summed E-state index contributed by atoms with van der Waals surface area (Å²) in [7, 11) is 0. The Morgan fingerprint density at radius 2 is 1.84 bits per heavy atom. The number of anilines is 2. The van der Waals surface area contributed by atoms with Crippen molar-refractivity contribution in [3.8, 4) is 0 Å². The summed E-state index contributed by atoms with van der Waals surface area (Å²) >= 11 is 0. The molecule has 2 fully saturated rings. The molecule has 0 spiro atoms. The number of piperazine rings is 1. The summed E-state index contributed by atoms with van der Waals surface area (Å²) in [6.07, 6.45) is 4.53. The normalized spacial score (nSPS) is 19.8. The monoisotopic (exact) mass is 429 g/mol. The SMILES string of the molecule is CCNC(=NCC1CCN(c2ccc(F)c(F)c2)C1)N1CCN(c2ncccn2)CC1. The molecule has 0 saturated carbocycles. The number of nitrogens with one attached hydrogen (secondary N) is 1. The second-order valence-corrected chi connectivity index (χ2v) is 7.92. The number of aliphatic imine (C=N–C) groups is 1. The first-order valence-corrected chi connectivity index (χ1v) is 10.9. The standard InChI is InChI=1S/C22H29F2N7/c1-2-25-21(29-10-12-30(13-11-29)22-26-7-3-8-27-22)28-15-17-6-9-31(16-17)18-4-5-19(23)20(24)14-18/h3-5,7-8,14,17H,2,6,9-13,15-16H2,1H3,(H,25,28). The maximum Gasteiger partial charge on any atom is 0.225 e. The van der Waals surface area contributed by atoms with E-state index in [2.05, 4.69) is 36.9 Å². The average molecular weight is 430 g/mol. The number of rotatable bonds is 5. The zero-order valence-corrected chi connectivity index (χ0v) is 17.8. The van der Waals surface area contributed by atoms with Gasteiger partial charge in [-0.15, -0.1) is 0 Å². The molecule has 0 amide bonds. The van der Waals surface area contributed by atoms with Crippen LogP contribution in [-0.2, 0) is 0 Å². The molecule has 7 nitrogen and oxygen atoms in total. The van der Waals surface area contributed by atoms with E-state index in [0.29, 0.717) is 12.5 Å². The molecule has 2 saturated heterocycles. The number of guanidine groups is 1. The Morgan fingerprint density at radius 3 is 2.55 bits per heavy atom. The number of nitrogens with zero attached hydrogens (tertiary/aromatic N) is 6. The molecule has 3 heterocycles. The third-order valence-corrected chi connectivity index (χ3v) is 5.80. The van der Waals surface area contributed by atoms with Gasteiger partial charge in [0.2, 0.25) is 5.95 Å². The third-order valence-electron chi connectivity index (χ3n) is 5.80. The third kappa shape index (κ3) is 5.21. The average Bonchev–Trinajstić information content (AvgIpc) is 3.28. The highest BCUT2D eigenvalue weighted by Gasteiger charge is 2.25. The zero-order valence-electron chi connectivity index (χ0n) is 17.8. The van der Waals surface area contributed by atoms with Crippen LogP contribution in [0.15, 0.2) is 41.7 Å². The molecule has 9 heteroatoms. The predicted molar refractivity (Wildman–Crippen MR) is 118 cm³/mol. The van der Waals surface area contributed by atoms with E-state index in [1.807, 2.05) is 6.07 Å². The summed E-state index contributed by atoms with van der Waals surface area (Å²) < 4.78 is 26.8. The fourth-order valence-corrected chi connectivity index (χ4v) is 4.11. The molecule has 0 bridgehead atoms. The van der Waals surface area contributed by atoms with Crippen LogP contribution in [0.4, 0.5) is 20.4 Å². The van der Waals surface area contributed by atoms with Crippen LogP contribution >= 0.6 is 0 Å². The van der Waals surface area contributed by atoms with Crippen molar-refractivity contribution < 1.29 is 8.78 Å². The molecule has 1 aromatic heterocycles. The highest BCUT2D eigenvalue weighted by Crippen LogP contribution is 2.25. The van der Waals surface area contributed by atoms with Crippen LogP contribution in [0, 0.1) is 17.6 Å². The van der Waals surface area contributed by atoms with Crippen LogP contribution in [0.1, 0.15) is 13.3 Å². The van der Waals surface area contributed by atoms with Crippen LogP contribution in [-0.4, -0.2) is 73.2 Å². The van der Waals surface area contributed by atoms with Crippen LogP contribution < -0.4 is 15.1 Å². The molecule has 1 aromatic carbocycles. The minimum absolute atomic E-state index is 0.390. The first kappa shape index (κ1) is 21.3. The molecule has 4 rings (SSSR count). The predicted octanol–water partition coefficient (Wildman–Crippen LogP) is 2.37. The van der Waals surface area contributed by atoms with E-state index in [4.69, 9.17) is 4.99 Å². The lowest BCUT2D eigenvalue weighted by atomic mass is 10.1. The van der Waals surface area contributed by atoms with E-state index in [9.17, 15) is 8.78 Å². The Bertz CT molecular complexity index is 885. The molecule has 0 radical (unpaired) electrons. The lowest BCUT2D eigenvalue weighted by Gasteiger charge is -2.36. The molecular weight excluding hydrogens is 400 g/mol. The van der Waals surface area contributed by atoms with Crippen molar-refractivity contribution in [1.29, 1.82) is 0 Å². The van der Waals surface area contributed by atoms with E-state index >= 15 is 0 Å². The van der Waals surface area contributed by atoms with Crippen LogP contribution in [0.3, 0.4) is 0 Å².